The van der Waals surface area contributed by atoms with Crippen molar-refractivity contribution in [1.29, 1.82) is 0 Å². The molecule has 11 nitrogen and oxygen atoms in total. The zero-order valence-electron chi connectivity index (χ0n) is 21.6. The van der Waals surface area contributed by atoms with Crippen molar-refractivity contribution in [2.75, 3.05) is 99.0 Å². The molecule has 1 unspecified atom stereocenters. The Morgan fingerprint density at radius 1 is 0.657 bits per heavy atom. The number of carboxylic acids is 1. The summed E-state index contributed by atoms with van der Waals surface area (Å²) in [6.07, 6.45) is 1.63. The van der Waals surface area contributed by atoms with Gasteiger partial charge in [-0.15, -0.1) is 0 Å². The van der Waals surface area contributed by atoms with Crippen LogP contribution in [-0.2, 0) is 42.7 Å². The van der Waals surface area contributed by atoms with E-state index in [1.165, 1.54) is 0 Å². The Morgan fingerprint density at radius 3 is 1.46 bits per heavy atom. The highest BCUT2D eigenvalue weighted by atomic mass is 16.6. The number of hydrogen-bond donors (Lipinski definition) is 2. The molecule has 0 aliphatic heterocycles. The Morgan fingerprint density at radius 2 is 1.06 bits per heavy atom. The first-order valence-corrected chi connectivity index (χ1v) is 12.6. The molecular formula is C24H47NO10. The summed E-state index contributed by atoms with van der Waals surface area (Å²) in [5.41, 5.74) is 0. The molecule has 0 spiro atoms. The summed E-state index contributed by atoms with van der Waals surface area (Å²) in [6, 6.07) is 0. The lowest BCUT2D eigenvalue weighted by molar-refractivity contribution is -0.138. The van der Waals surface area contributed by atoms with Crippen LogP contribution in [0.3, 0.4) is 0 Å². The van der Waals surface area contributed by atoms with Crippen molar-refractivity contribution in [2.45, 2.75) is 39.5 Å². The van der Waals surface area contributed by atoms with Crippen LogP contribution in [0.25, 0.3) is 0 Å². The van der Waals surface area contributed by atoms with Gasteiger partial charge in [-0.3, -0.25) is 9.59 Å². The first-order chi connectivity index (χ1) is 17.1. The number of carboxylic acid groups (broad SMARTS) is 1. The monoisotopic (exact) mass is 509 g/mol. The summed E-state index contributed by atoms with van der Waals surface area (Å²) in [5, 5.41) is 11.1. The van der Waals surface area contributed by atoms with Crippen LogP contribution in [0.2, 0.25) is 0 Å². The van der Waals surface area contributed by atoms with Crippen molar-refractivity contribution in [3.63, 3.8) is 0 Å². The standard InChI is InChI=1S/C24H47NO10/c1-3-22(2)21-35-20-19-34-18-17-33-16-15-32-14-13-31-12-11-30-10-9-29-8-4-7-25-23(26)5-6-24(27)28/h22H,3-21H2,1-2H3,(H,25,26)(H,27,28). The highest BCUT2D eigenvalue weighted by molar-refractivity contribution is 5.80. The van der Waals surface area contributed by atoms with E-state index in [9.17, 15) is 9.59 Å². The van der Waals surface area contributed by atoms with Gasteiger partial charge in [0.1, 0.15) is 0 Å². The zero-order chi connectivity index (χ0) is 25.8. The highest BCUT2D eigenvalue weighted by Gasteiger charge is 2.04. The molecule has 0 aliphatic rings. The lowest BCUT2D eigenvalue weighted by Crippen LogP contribution is -2.25. The van der Waals surface area contributed by atoms with Crippen molar-refractivity contribution in [3.8, 4) is 0 Å². The minimum atomic E-state index is -0.977. The molecule has 0 bridgehead atoms. The van der Waals surface area contributed by atoms with Crippen molar-refractivity contribution in [3.05, 3.63) is 0 Å². The SMILES string of the molecule is CCC(C)COCCOCCOCCOCCOCCOCCOCCCNC(=O)CCC(=O)O. The normalized spacial score (nSPS) is 12.1. The average molecular weight is 510 g/mol. The molecule has 1 amide bonds. The summed E-state index contributed by atoms with van der Waals surface area (Å²) < 4.78 is 38.0. The Hall–Kier alpha value is -1.34. The summed E-state index contributed by atoms with van der Waals surface area (Å²) >= 11 is 0. The van der Waals surface area contributed by atoms with Gasteiger partial charge in [0.25, 0.3) is 0 Å². The van der Waals surface area contributed by atoms with E-state index in [-0.39, 0.29) is 18.7 Å². The second kappa shape index (κ2) is 27.3. The Balaban J connectivity index is 3.10. The highest BCUT2D eigenvalue weighted by Crippen LogP contribution is 2.00. The van der Waals surface area contributed by atoms with Crippen LogP contribution in [-0.4, -0.2) is 116 Å². The molecule has 35 heavy (non-hydrogen) atoms. The van der Waals surface area contributed by atoms with Crippen LogP contribution in [0.4, 0.5) is 0 Å². The maximum Gasteiger partial charge on any atom is 0.303 e. The number of carbonyl (C=O) groups is 2. The number of aliphatic carboxylic acids is 1. The van der Waals surface area contributed by atoms with Crippen molar-refractivity contribution in [1.82, 2.24) is 5.32 Å². The second-order valence-corrected chi connectivity index (χ2v) is 7.86. The molecule has 0 aromatic carbocycles. The van der Waals surface area contributed by atoms with E-state index in [4.69, 9.17) is 38.3 Å². The van der Waals surface area contributed by atoms with E-state index in [0.29, 0.717) is 105 Å². The maximum absolute atomic E-state index is 11.3. The van der Waals surface area contributed by atoms with E-state index in [0.717, 1.165) is 13.0 Å². The summed E-state index contributed by atoms with van der Waals surface area (Å²) in [6.45, 7) is 12.3. The van der Waals surface area contributed by atoms with Gasteiger partial charge >= 0.3 is 5.97 Å². The van der Waals surface area contributed by atoms with Crippen molar-refractivity contribution < 1.29 is 47.9 Å². The van der Waals surface area contributed by atoms with E-state index < -0.39 is 5.97 Å². The molecule has 208 valence electrons. The molecule has 0 aromatic heterocycles. The third-order valence-electron chi connectivity index (χ3n) is 4.68. The molecule has 0 aliphatic carbocycles. The lowest BCUT2D eigenvalue weighted by Gasteiger charge is -2.10. The van der Waals surface area contributed by atoms with Crippen LogP contribution in [0.5, 0.6) is 0 Å². The quantitative estimate of drug-likeness (QED) is 0.150. The minimum Gasteiger partial charge on any atom is -0.481 e. The molecule has 0 saturated heterocycles. The zero-order valence-corrected chi connectivity index (χ0v) is 21.6. The Bertz CT molecular complexity index is 481. The average Bonchev–Trinajstić information content (AvgIpc) is 2.85. The second-order valence-electron chi connectivity index (χ2n) is 7.86. The number of nitrogens with one attached hydrogen (secondary N) is 1. The van der Waals surface area contributed by atoms with Gasteiger partial charge in [0.15, 0.2) is 0 Å². The van der Waals surface area contributed by atoms with E-state index in [1.54, 1.807) is 0 Å². The van der Waals surface area contributed by atoms with Crippen LogP contribution in [0.1, 0.15) is 39.5 Å². The summed E-state index contributed by atoms with van der Waals surface area (Å²) in [5.74, 6) is -0.644. The fourth-order valence-corrected chi connectivity index (χ4v) is 2.43. The van der Waals surface area contributed by atoms with Crippen molar-refractivity contribution >= 4 is 11.9 Å². The largest absolute Gasteiger partial charge is 0.481 e. The van der Waals surface area contributed by atoms with Gasteiger partial charge in [-0.05, 0) is 12.3 Å². The topological polar surface area (TPSA) is 131 Å². The van der Waals surface area contributed by atoms with Crippen LogP contribution < -0.4 is 5.32 Å². The van der Waals surface area contributed by atoms with Gasteiger partial charge in [-0.2, -0.15) is 0 Å². The minimum absolute atomic E-state index is 0.00175. The van der Waals surface area contributed by atoms with E-state index in [1.807, 2.05) is 0 Å². The Labute approximate surface area is 210 Å². The number of ether oxygens (including phenoxy) is 7. The van der Waals surface area contributed by atoms with E-state index >= 15 is 0 Å². The number of rotatable bonds is 28. The van der Waals surface area contributed by atoms with Gasteiger partial charge < -0.3 is 43.6 Å². The van der Waals surface area contributed by atoms with Crippen LogP contribution in [0, 0.1) is 5.92 Å². The lowest BCUT2D eigenvalue weighted by atomic mass is 10.1. The van der Waals surface area contributed by atoms with Gasteiger partial charge in [-0.25, -0.2) is 0 Å². The molecule has 0 saturated carbocycles. The van der Waals surface area contributed by atoms with Crippen molar-refractivity contribution in [2.24, 2.45) is 5.92 Å². The molecule has 0 fully saturated rings. The molecule has 1 atom stereocenters. The molecule has 0 rings (SSSR count). The summed E-state index contributed by atoms with van der Waals surface area (Å²) in [4.78, 5) is 21.7. The van der Waals surface area contributed by atoms with Gasteiger partial charge in [0, 0.05) is 26.2 Å². The summed E-state index contributed by atoms with van der Waals surface area (Å²) in [7, 11) is 0. The fraction of sp³-hybridized carbons (Fsp3) is 0.917. The molecule has 0 radical (unpaired) electrons. The molecule has 0 heterocycles. The third-order valence-corrected chi connectivity index (χ3v) is 4.68. The third kappa shape index (κ3) is 28.8. The van der Waals surface area contributed by atoms with Crippen LogP contribution >= 0.6 is 0 Å². The fourth-order valence-electron chi connectivity index (χ4n) is 2.43. The molecule has 0 aromatic rings. The van der Waals surface area contributed by atoms with E-state index in [2.05, 4.69) is 19.2 Å². The molecule has 2 N–H and O–H groups in total. The van der Waals surface area contributed by atoms with Gasteiger partial charge in [0.05, 0.1) is 85.7 Å². The smallest absolute Gasteiger partial charge is 0.303 e. The maximum atomic E-state index is 11.3. The van der Waals surface area contributed by atoms with Gasteiger partial charge in [0.2, 0.25) is 5.91 Å². The molecular weight excluding hydrogens is 462 g/mol. The first kappa shape index (κ1) is 33.7. The predicted molar refractivity (Wildman–Crippen MR) is 130 cm³/mol. The van der Waals surface area contributed by atoms with Gasteiger partial charge in [-0.1, -0.05) is 20.3 Å². The predicted octanol–water partition coefficient (Wildman–Crippen LogP) is 1.52. The molecule has 11 heteroatoms. The number of hydrogen-bond acceptors (Lipinski definition) is 9. The Kier molecular flexibility index (Phi) is 26.2. The number of carbonyl (C=O) groups excluding carboxylic acids is 1. The first-order valence-electron chi connectivity index (χ1n) is 12.6. The number of amides is 1. The van der Waals surface area contributed by atoms with Crippen LogP contribution in [0.15, 0.2) is 0 Å².